The molecule has 0 aliphatic heterocycles. The summed E-state index contributed by atoms with van der Waals surface area (Å²) in [7, 11) is 0. The van der Waals surface area contributed by atoms with E-state index in [2.05, 4.69) is 0 Å². The molecular weight excluding hydrogens is 256 g/mol. The molecule has 0 fully saturated rings. The molecule has 4 heteroatoms. The van der Waals surface area contributed by atoms with E-state index in [0.717, 1.165) is 11.1 Å². The maximum Gasteiger partial charge on any atom is 0.336 e. The highest BCUT2D eigenvalue weighted by molar-refractivity contribution is 5.98. The van der Waals surface area contributed by atoms with Gasteiger partial charge in [-0.3, -0.25) is 0 Å². The van der Waals surface area contributed by atoms with Gasteiger partial charge < -0.3 is 10.2 Å². The number of hydrogen-bond acceptors (Lipinski definition) is 2. The first kappa shape index (κ1) is 13.8. The maximum atomic E-state index is 11.3. The average molecular weight is 270 g/mol. The molecule has 0 saturated heterocycles. The predicted molar refractivity (Wildman–Crippen MR) is 75.3 cm³/mol. The molecule has 0 radical (unpaired) electrons. The van der Waals surface area contributed by atoms with Crippen molar-refractivity contribution in [2.45, 2.75) is 13.8 Å². The standard InChI is InChI=1S/C16H14O4/c1-9-3-6-12(16(19)20)14(7-9)13-8-11(15(17)18)5-4-10(13)2/h3-8H,1-2H3,(H,17,18)(H,19,20). The molecule has 0 saturated carbocycles. The SMILES string of the molecule is Cc1ccc(C(=O)O)c(-c2cc(C(=O)O)ccc2C)c1. The second-order valence-corrected chi connectivity index (χ2v) is 4.69. The van der Waals surface area contributed by atoms with Crippen molar-refractivity contribution in [1.29, 1.82) is 0 Å². The first-order valence-electron chi connectivity index (χ1n) is 6.08. The molecule has 2 aromatic rings. The lowest BCUT2D eigenvalue weighted by atomic mass is 9.93. The Morgan fingerprint density at radius 1 is 0.850 bits per heavy atom. The quantitative estimate of drug-likeness (QED) is 0.896. The fourth-order valence-electron chi connectivity index (χ4n) is 2.11. The van der Waals surface area contributed by atoms with E-state index in [1.807, 2.05) is 13.8 Å². The van der Waals surface area contributed by atoms with Gasteiger partial charge in [0.05, 0.1) is 11.1 Å². The molecule has 2 aromatic carbocycles. The van der Waals surface area contributed by atoms with Crippen molar-refractivity contribution in [3.05, 3.63) is 58.7 Å². The summed E-state index contributed by atoms with van der Waals surface area (Å²) in [6, 6.07) is 9.74. The van der Waals surface area contributed by atoms with Crippen molar-refractivity contribution < 1.29 is 19.8 Å². The number of carboxylic acids is 2. The zero-order valence-electron chi connectivity index (χ0n) is 11.2. The number of carbonyl (C=O) groups is 2. The van der Waals surface area contributed by atoms with Gasteiger partial charge in [-0.1, -0.05) is 23.8 Å². The van der Waals surface area contributed by atoms with Gasteiger partial charge in [0.1, 0.15) is 0 Å². The van der Waals surface area contributed by atoms with Gasteiger partial charge in [0.2, 0.25) is 0 Å². The summed E-state index contributed by atoms with van der Waals surface area (Å²) < 4.78 is 0. The fraction of sp³-hybridized carbons (Fsp3) is 0.125. The van der Waals surface area contributed by atoms with Gasteiger partial charge in [0.25, 0.3) is 0 Å². The smallest absolute Gasteiger partial charge is 0.336 e. The van der Waals surface area contributed by atoms with E-state index in [1.165, 1.54) is 12.1 Å². The third-order valence-corrected chi connectivity index (χ3v) is 3.18. The highest BCUT2D eigenvalue weighted by atomic mass is 16.4. The van der Waals surface area contributed by atoms with Crippen LogP contribution in [0.15, 0.2) is 36.4 Å². The molecule has 20 heavy (non-hydrogen) atoms. The van der Waals surface area contributed by atoms with E-state index < -0.39 is 11.9 Å². The summed E-state index contributed by atoms with van der Waals surface area (Å²) in [6.07, 6.45) is 0. The molecule has 2 N–H and O–H groups in total. The van der Waals surface area contributed by atoms with Crippen molar-refractivity contribution in [2.24, 2.45) is 0 Å². The molecule has 0 aromatic heterocycles. The molecule has 0 aliphatic rings. The number of benzene rings is 2. The van der Waals surface area contributed by atoms with Crippen LogP contribution in [0.4, 0.5) is 0 Å². The van der Waals surface area contributed by atoms with Crippen LogP contribution in [0.25, 0.3) is 11.1 Å². The summed E-state index contributed by atoms with van der Waals surface area (Å²) in [4.78, 5) is 22.4. The first-order valence-corrected chi connectivity index (χ1v) is 6.08. The molecule has 0 heterocycles. The molecule has 0 amide bonds. The summed E-state index contributed by atoms with van der Waals surface area (Å²) >= 11 is 0. The molecule has 0 bridgehead atoms. The molecular formula is C16H14O4. The zero-order valence-corrected chi connectivity index (χ0v) is 11.2. The number of carboxylic acid groups (broad SMARTS) is 2. The Balaban J connectivity index is 2.73. The van der Waals surface area contributed by atoms with Gasteiger partial charge in [-0.05, 0) is 48.7 Å². The van der Waals surface area contributed by atoms with E-state index in [0.29, 0.717) is 11.1 Å². The Bertz CT molecular complexity index is 702. The van der Waals surface area contributed by atoms with Gasteiger partial charge >= 0.3 is 11.9 Å². The topological polar surface area (TPSA) is 74.6 Å². The molecule has 0 aliphatic carbocycles. The van der Waals surface area contributed by atoms with Crippen molar-refractivity contribution in [3.63, 3.8) is 0 Å². The first-order chi connectivity index (χ1) is 9.40. The predicted octanol–water partition coefficient (Wildman–Crippen LogP) is 3.37. The lowest BCUT2D eigenvalue weighted by Gasteiger charge is -2.11. The summed E-state index contributed by atoms with van der Waals surface area (Å²) in [5.41, 5.74) is 3.24. The minimum absolute atomic E-state index is 0.142. The monoisotopic (exact) mass is 270 g/mol. The van der Waals surface area contributed by atoms with Crippen LogP contribution in [0.5, 0.6) is 0 Å². The van der Waals surface area contributed by atoms with Crippen molar-refractivity contribution in [2.75, 3.05) is 0 Å². The van der Waals surface area contributed by atoms with Crippen molar-refractivity contribution in [1.82, 2.24) is 0 Å². The van der Waals surface area contributed by atoms with Crippen LogP contribution in [0.2, 0.25) is 0 Å². The van der Waals surface area contributed by atoms with E-state index in [4.69, 9.17) is 5.11 Å². The third kappa shape index (κ3) is 2.54. The van der Waals surface area contributed by atoms with Crippen LogP contribution in [0.1, 0.15) is 31.8 Å². The van der Waals surface area contributed by atoms with Gasteiger partial charge in [-0.15, -0.1) is 0 Å². The van der Waals surface area contributed by atoms with Gasteiger partial charge in [0, 0.05) is 0 Å². The van der Waals surface area contributed by atoms with E-state index in [-0.39, 0.29) is 11.1 Å². The summed E-state index contributed by atoms with van der Waals surface area (Å²) in [5.74, 6) is -2.06. The third-order valence-electron chi connectivity index (χ3n) is 3.18. The Morgan fingerprint density at radius 2 is 1.55 bits per heavy atom. The van der Waals surface area contributed by atoms with Crippen LogP contribution in [0, 0.1) is 13.8 Å². The molecule has 4 nitrogen and oxygen atoms in total. The Morgan fingerprint density at radius 3 is 2.15 bits per heavy atom. The van der Waals surface area contributed by atoms with Crippen LogP contribution in [-0.4, -0.2) is 22.2 Å². The van der Waals surface area contributed by atoms with Gasteiger partial charge in [-0.25, -0.2) is 9.59 Å². The second-order valence-electron chi connectivity index (χ2n) is 4.69. The fourth-order valence-corrected chi connectivity index (χ4v) is 2.11. The number of aryl methyl sites for hydroxylation is 2. The summed E-state index contributed by atoms with van der Waals surface area (Å²) in [6.45, 7) is 3.69. The summed E-state index contributed by atoms with van der Waals surface area (Å²) in [5, 5.41) is 18.3. The Kier molecular flexibility index (Phi) is 3.57. The zero-order chi connectivity index (χ0) is 14.9. The average Bonchev–Trinajstić information content (AvgIpc) is 2.38. The van der Waals surface area contributed by atoms with Gasteiger partial charge in [0.15, 0.2) is 0 Å². The number of hydrogen-bond donors (Lipinski definition) is 2. The van der Waals surface area contributed by atoms with Crippen LogP contribution >= 0.6 is 0 Å². The van der Waals surface area contributed by atoms with Crippen LogP contribution < -0.4 is 0 Å². The largest absolute Gasteiger partial charge is 0.478 e. The highest BCUT2D eigenvalue weighted by Crippen LogP contribution is 2.29. The van der Waals surface area contributed by atoms with Crippen LogP contribution in [0.3, 0.4) is 0 Å². The van der Waals surface area contributed by atoms with Crippen LogP contribution in [-0.2, 0) is 0 Å². The molecule has 0 unspecified atom stereocenters. The number of aromatic carboxylic acids is 2. The molecule has 102 valence electrons. The molecule has 0 atom stereocenters. The molecule has 0 spiro atoms. The van der Waals surface area contributed by atoms with Crippen molar-refractivity contribution in [3.8, 4) is 11.1 Å². The van der Waals surface area contributed by atoms with Crippen molar-refractivity contribution >= 4 is 11.9 Å². The molecule has 2 rings (SSSR count). The Labute approximate surface area is 116 Å². The highest BCUT2D eigenvalue weighted by Gasteiger charge is 2.15. The Hall–Kier alpha value is -2.62. The minimum atomic E-state index is -1.03. The lowest BCUT2D eigenvalue weighted by Crippen LogP contribution is -2.02. The van der Waals surface area contributed by atoms with E-state index in [9.17, 15) is 14.7 Å². The lowest BCUT2D eigenvalue weighted by molar-refractivity contribution is 0.0687. The normalized spacial score (nSPS) is 10.3. The van der Waals surface area contributed by atoms with E-state index >= 15 is 0 Å². The maximum absolute atomic E-state index is 11.3. The van der Waals surface area contributed by atoms with E-state index in [1.54, 1.807) is 24.3 Å². The number of rotatable bonds is 3. The second kappa shape index (κ2) is 5.17. The minimum Gasteiger partial charge on any atom is -0.478 e. The van der Waals surface area contributed by atoms with Gasteiger partial charge in [-0.2, -0.15) is 0 Å².